The lowest BCUT2D eigenvalue weighted by Crippen LogP contribution is -2.39. The molecular weight excluding hydrogens is 271 g/mol. The maximum atomic E-state index is 13.0. The Morgan fingerprint density at radius 1 is 1.42 bits per heavy atom. The highest BCUT2D eigenvalue weighted by Gasteiger charge is 2.15. The Kier molecular flexibility index (Phi) is 3.77. The lowest BCUT2D eigenvalue weighted by atomic mass is 10.2. The second kappa shape index (κ2) is 5.33. The molecule has 1 aromatic heterocycles. The smallest absolute Gasteiger partial charge is 0.261 e. The van der Waals surface area contributed by atoms with E-state index in [9.17, 15) is 14.0 Å². The molecule has 7 heteroatoms. The summed E-state index contributed by atoms with van der Waals surface area (Å²) in [5.41, 5.74) is 4.86. The molecule has 0 spiro atoms. The molecule has 0 aliphatic rings. The van der Waals surface area contributed by atoms with Crippen LogP contribution in [0.5, 0.6) is 0 Å². The van der Waals surface area contributed by atoms with Crippen LogP contribution in [0.15, 0.2) is 24.3 Å². The first-order valence-electron chi connectivity index (χ1n) is 5.42. The van der Waals surface area contributed by atoms with Crippen molar-refractivity contribution >= 4 is 33.2 Å². The maximum Gasteiger partial charge on any atom is 0.261 e. The number of amides is 2. The van der Waals surface area contributed by atoms with E-state index in [-0.39, 0.29) is 12.4 Å². The van der Waals surface area contributed by atoms with Gasteiger partial charge in [-0.05, 0) is 29.7 Å². The van der Waals surface area contributed by atoms with Crippen molar-refractivity contribution in [1.82, 2.24) is 5.32 Å². The third kappa shape index (κ3) is 3.07. The Balaban J connectivity index is 2.11. The zero-order valence-electron chi connectivity index (χ0n) is 9.72. The minimum atomic E-state index is -1.42. The number of aliphatic hydroxyl groups is 1. The van der Waals surface area contributed by atoms with Crippen molar-refractivity contribution in [2.24, 2.45) is 5.73 Å². The van der Waals surface area contributed by atoms with Gasteiger partial charge in [-0.1, -0.05) is 0 Å². The Morgan fingerprint density at radius 3 is 2.84 bits per heavy atom. The van der Waals surface area contributed by atoms with Gasteiger partial charge in [0, 0.05) is 4.70 Å². The first-order valence-corrected chi connectivity index (χ1v) is 6.23. The first kappa shape index (κ1) is 13.4. The molecule has 1 aromatic carbocycles. The van der Waals surface area contributed by atoms with E-state index < -0.39 is 17.9 Å². The molecule has 4 N–H and O–H groups in total. The quantitative estimate of drug-likeness (QED) is 0.767. The topological polar surface area (TPSA) is 92.4 Å². The largest absolute Gasteiger partial charge is 0.381 e. The number of rotatable bonds is 4. The number of primary amides is 1. The molecule has 1 atom stereocenters. The van der Waals surface area contributed by atoms with Gasteiger partial charge in [0.15, 0.2) is 0 Å². The van der Waals surface area contributed by atoms with Crippen molar-refractivity contribution < 1.29 is 19.1 Å². The number of carbonyl (C=O) groups excluding carboxylic acids is 2. The molecule has 2 amide bonds. The average molecular weight is 282 g/mol. The van der Waals surface area contributed by atoms with E-state index in [0.717, 1.165) is 4.70 Å². The number of thiophene rings is 1. The molecule has 100 valence electrons. The van der Waals surface area contributed by atoms with Gasteiger partial charge < -0.3 is 16.2 Å². The van der Waals surface area contributed by atoms with Crippen LogP contribution in [0, 0.1) is 5.82 Å². The van der Waals surface area contributed by atoms with Crippen LogP contribution in [-0.2, 0) is 4.79 Å². The summed E-state index contributed by atoms with van der Waals surface area (Å²) in [7, 11) is 0. The number of fused-ring (bicyclic) bond motifs is 1. The summed E-state index contributed by atoms with van der Waals surface area (Å²) < 4.78 is 13.8. The van der Waals surface area contributed by atoms with Gasteiger partial charge in [0.2, 0.25) is 5.91 Å². The Labute approximate surface area is 111 Å². The van der Waals surface area contributed by atoms with E-state index in [0.29, 0.717) is 10.3 Å². The SMILES string of the molecule is NC(=O)C(O)CNC(=O)c1cc2cc(F)ccc2s1. The molecule has 0 bridgehead atoms. The fourth-order valence-corrected chi connectivity index (χ4v) is 2.46. The molecule has 2 aromatic rings. The molecule has 0 fully saturated rings. The number of hydrogen-bond acceptors (Lipinski definition) is 4. The summed E-state index contributed by atoms with van der Waals surface area (Å²) in [6.07, 6.45) is -1.42. The van der Waals surface area contributed by atoms with Gasteiger partial charge >= 0.3 is 0 Å². The summed E-state index contributed by atoms with van der Waals surface area (Å²) in [6, 6.07) is 5.79. The minimum absolute atomic E-state index is 0.253. The minimum Gasteiger partial charge on any atom is -0.381 e. The average Bonchev–Trinajstić information content (AvgIpc) is 2.78. The van der Waals surface area contributed by atoms with Crippen LogP contribution >= 0.6 is 11.3 Å². The van der Waals surface area contributed by atoms with Crippen LogP contribution in [0.4, 0.5) is 4.39 Å². The van der Waals surface area contributed by atoms with Crippen molar-refractivity contribution in [3.63, 3.8) is 0 Å². The van der Waals surface area contributed by atoms with Crippen molar-refractivity contribution in [3.8, 4) is 0 Å². The summed E-state index contributed by atoms with van der Waals surface area (Å²) >= 11 is 1.20. The van der Waals surface area contributed by atoms with E-state index in [1.165, 1.54) is 23.5 Å². The molecule has 0 radical (unpaired) electrons. The molecule has 19 heavy (non-hydrogen) atoms. The fourth-order valence-electron chi connectivity index (χ4n) is 1.50. The molecule has 0 aliphatic carbocycles. The van der Waals surface area contributed by atoms with E-state index in [1.54, 1.807) is 12.1 Å². The number of aliphatic hydroxyl groups excluding tert-OH is 1. The van der Waals surface area contributed by atoms with Gasteiger partial charge in [0.1, 0.15) is 11.9 Å². The van der Waals surface area contributed by atoms with Gasteiger partial charge in [0.05, 0.1) is 11.4 Å². The van der Waals surface area contributed by atoms with Gasteiger partial charge in [-0.2, -0.15) is 0 Å². The molecular formula is C12H11FN2O3S. The van der Waals surface area contributed by atoms with Gasteiger partial charge in [-0.25, -0.2) is 4.39 Å². The fraction of sp³-hybridized carbons (Fsp3) is 0.167. The zero-order valence-corrected chi connectivity index (χ0v) is 10.5. The molecule has 1 unspecified atom stereocenters. The predicted octanol–water partition coefficient (Wildman–Crippen LogP) is 0.616. The predicted molar refractivity (Wildman–Crippen MR) is 69.3 cm³/mol. The van der Waals surface area contributed by atoms with Gasteiger partial charge in [-0.15, -0.1) is 11.3 Å². The number of hydrogen-bond donors (Lipinski definition) is 3. The third-order valence-corrected chi connectivity index (χ3v) is 3.60. The van der Waals surface area contributed by atoms with E-state index in [4.69, 9.17) is 10.8 Å². The monoisotopic (exact) mass is 282 g/mol. The Morgan fingerprint density at radius 2 is 2.16 bits per heavy atom. The number of carbonyl (C=O) groups is 2. The van der Waals surface area contributed by atoms with Gasteiger partial charge in [-0.3, -0.25) is 9.59 Å². The number of nitrogens with one attached hydrogen (secondary N) is 1. The molecule has 5 nitrogen and oxygen atoms in total. The third-order valence-electron chi connectivity index (χ3n) is 2.49. The molecule has 0 aliphatic heterocycles. The van der Waals surface area contributed by atoms with Crippen LogP contribution in [-0.4, -0.2) is 29.6 Å². The van der Waals surface area contributed by atoms with Crippen LogP contribution in [0.25, 0.3) is 10.1 Å². The highest BCUT2D eigenvalue weighted by Crippen LogP contribution is 2.26. The molecule has 0 saturated heterocycles. The van der Waals surface area contributed by atoms with Crippen molar-refractivity contribution in [3.05, 3.63) is 35.0 Å². The first-order chi connectivity index (χ1) is 8.97. The van der Waals surface area contributed by atoms with E-state index in [2.05, 4.69) is 5.32 Å². The van der Waals surface area contributed by atoms with E-state index >= 15 is 0 Å². The lowest BCUT2D eigenvalue weighted by Gasteiger charge is -2.06. The number of halogens is 1. The highest BCUT2D eigenvalue weighted by atomic mass is 32.1. The standard InChI is InChI=1S/C12H11FN2O3S/c13-7-1-2-9-6(3-7)4-10(19-9)12(18)15-5-8(16)11(14)17/h1-4,8,16H,5H2,(H2,14,17)(H,15,18). The second-order valence-corrected chi connectivity index (χ2v) is 5.00. The van der Waals surface area contributed by atoms with E-state index in [1.807, 2.05) is 0 Å². The van der Waals surface area contributed by atoms with Crippen LogP contribution < -0.4 is 11.1 Å². The maximum absolute atomic E-state index is 13.0. The lowest BCUT2D eigenvalue weighted by molar-refractivity contribution is -0.125. The van der Waals surface area contributed by atoms with Crippen molar-refractivity contribution in [1.29, 1.82) is 0 Å². The van der Waals surface area contributed by atoms with Crippen LogP contribution in [0.3, 0.4) is 0 Å². The zero-order chi connectivity index (χ0) is 14.0. The van der Waals surface area contributed by atoms with Crippen molar-refractivity contribution in [2.45, 2.75) is 6.10 Å². The Hall–Kier alpha value is -1.99. The normalized spacial score (nSPS) is 12.3. The van der Waals surface area contributed by atoms with Gasteiger partial charge in [0.25, 0.3) is 5.91 Å². The summed E-state index contributed by atoms with van der Waals surface area (Å²) in [5, 5.41) is 12.2. The Bertz CT molecular complexity index is 641. The second-order valence-electron chi connectivity index (χ2n) is 3.92. The number of nitrogens with two attached hydrogens (primary N) is 1. The number of benzene rings is 1. The molecule has 1 heterocycles. The molecule has 0 saturated carbocycles. The highest BCUT2D eigenvalue weighted by molar-refractivity contribution is 7.20. The van der Waals surface area contributed by atoms with Crippen LogP contribution in [0.1, 0.15) is 9.67 Å². The summed E-state index contributed by atoms with van der Waals surface area (Å²) in [4.78, 5) is 22.7. The van der Waals surface area contributed by atoms with Crippen molar-refractivity contribution in [2.75, 3.05) is 6.54 Å². The summed E-state index contributed by atoms with van der Waals surface area (Å²) in [6.45, 7) is -0.253. The summed E-state index contributed by atoms with van der Waals surface area (Å²) in [5.74, 6) is -1.72. The van der Waals surface area contributed by atoms with Crippen LogP contribution in [0.2, 0.25) is 0 Å². The molecule has 2 rings (SSSR count).